The highest BCUT2D eigenvalue weighted by atomic mass is 16.6. The van der Waals surface area contributed by atoms with Gasteiger partial charge in [-0.15, -0.1) is 0 Å². The normalized spacial score (nSPS) is 13.6. The third kappa shape index (κ3) is 6.43. The number of ether oxygens (including phenoxy) is 3. The number of nitrogens with one attached hydrogen (secondary N) is 1. The van der Waals surface area contributed by atoms with Crippen molar-refractivity contribution in [3.8, 4) is 11.5 Å². The number of piperazine rings is 1. The maximum absolute atomic E-state index is 12.7. The van der Waals surface area contributed by atoms with Crippen molar-refractivity contribution in [3.63, 3.8) is 0 Å². The SMILES string of the molecule is COC(=O)c1ccc(CN2CC(=O)N(Nc3ccc([N+](=O)[O-])cc3)C(=O)C2)c(OC(C)=O)c1OC(C)=O. The summed E-state index contributed by atoms with van der Waals surface area (Å²) in [6, 6.07) is 7.90. The van der Waals surface area contributed by atoms with Gasteiger partial charge in [-0.3, -0.25) is 39.6 Å². The molecule has 2 aromatic rings. The second kappa shape index (κ2) is 11.3. The predicted molar refractivity (Wildman–Crippen MR) is 124 cm³/mol. The zero-order chi connectivity index (χ0) is 27.3. The van der Waals surface area contributed by atoms with Crippen LogP contribution in [0, 0.1) is 10.1 Å². The lowest BCUT2D eigenvalue weighted by Crippen LogP contribution is -2.55. The fourth-order valence-corrected chi connectivity index (χ4v) is 3.48. The highest BCUT2D eigenvalue weighted by Gasteiger charge is 2.33. The average Bonchev–Trinajstić information content (AvgIpc) is 2.82. The first kappa shape index (κ1) is 26.7. The molecule has 0 saturated carbocycles. The molecule has 2 aromatic carbocycles. The molecule has 1 saturated heterocycles. The van der Waals surface area contributed by atoms with E-state index in [1.165, 1.54) is 41.3 Å². The highest BCUT2D eigenvalue weighted by Crippen LogP contribution is 2.37. The monoisotopic (exact) mass is 514 g/mol. The van der Waals surface area contributed by atoms with Crippen LogP contribution in [0.4, 0.5) is 11.4 Å². The lowest BCUT2D eigenvalue weighted by Gasteiger charge is -2.33. The Morgan fingerprint density at radius 2 is 1.51 bits per heavy atom. The van der Waals surface area contributed by atoms with Gasteiger partial charge in [0.25, 0.3) is 17.5 Å². The van der Waals surface area contributed by atoms with E-state index < -0.39 is 34.6 Å². The summed E-state index contributed by atoms with van der Waals surface area (Å²) >= 11 is 0. The van der Waals surface area contributed by atoms with E-state index in [4.69, 9.17) is 14.2 Å². The number of amides is 2. The Morgan fingerprint density at radius 3 is 2.03 bits per heavy atom. The maximum atomic E-state index is 12.7. The molecule has 0 aliphatic carbocycles. The van der Waals surface area contributed by atoms with Crippen LogP contribution in [0.1, 0.15) is 29.8 Å². The van der Waals surface area contributed by atoms with Gasteiger partial charge in [-0.05, 0) is 18.2 Å². The second-order valence-corrected chi connectivity index (χ2v) is 7.79. The Morgan fingerprint density at radius 1 is 0.946 bits per heavy atom. The molecular weight excluding hydrogens is 492 g/mol. The molecule has 0 spiro atoms. The number of esters is 3. The van der Waals surface area contributed by atoms with Gasteiger partial charge in [-0.1, -0.05) is 6.07 Å². The van der Waals surface area contributed by atoms with Crippen LogP contribution in [0.15, 0.2) is 36.4 Å². The summed E-state index contributed by atoms with van der Waals surface area (Å²) in [4.78, 5) is 72.8. The standard InChI is InChI=1S/C23H22N4O10/c1-13(28)36-21-15(4-9-18(23(32)35-3)22(21)37-14(2)29)10-25-11-19(30)26(20(31)12-25)24-16-5-7-17(8-6-16)27(33)34/h4-9,24H,10-12H2,1-3H3. The molecule has 0 bridgehead atoms. The number of non-ortho nitro benzene ring substituents is 1. The molecule has 37 heavy (non-hydrogen) atoms. The second-order valence-electron chi connectivity index (χ2n) is 7.79. The molecule has 1 heterocycles. The lowest BCUT2D eigenvalue weighted by molar-refractivity contribution is -0.384. The molecule has 2 amide bonds. The van der Waals surface area contributed by atoms with Crippen molar-refractivity contribution in [1.82, 2.24) is 9.91 Å². The molecule has 0 unspecified atom stereocenters. The zero-order valence-electron chi connectivity index (χ0n) is 20.0. The number of nitrogens with zero attached hydrogens (tertiary/aromatic N) is 3. The number of rotatable bonds is 8. The number of imide groups is 1. The number of carbonyl (C=O) groups excluding carboxylic acids is 5. The zero-order valence-corrected chi connectivity index (χ0v) is 20.0. The first-order chi connectivity index (χ1) is 17.5. The summed E-state index contributed by atoms with van der Waals surface area (Å²) in [5.74, 6) is -4.18. The number of nitro benzene ring substituents is 1. The van der Waals surface area contributed by atoms with Crippen molar-refractivity contribution in [2.45, 2.75) is 20.4 Å². The molecule has 14 nitrogen and oxygen atoms in total. The van der Waals surface area contributed by atoms with Gasteiger partial charge >= 0.3 is 17.9 Å². The quantitative estimate of drug-likeness (QED) is 0.177. The molecule has 1 fully saturated rings. The number of hydrazine groups is 1. The molecule has 1 aliphatic heterocycles. The number of carbonyl (C=O) groups is 5. The van der Waals surface area contributed by atoms with Crippen LogP contribution >= 0.6 is 0 Å². The van der Waals surface area contributed by atoms with Crippen molar-refractivity contribution in [3.05, 3.63) is 57.6 Å². The summed E-state index contributed by atoms with van der Waals surface area (Å²) in [7, 11) is 1.13. The average molecular weight is 514 g/mol. The van der Waals surface area contributed by atoms with Crippen LogP contribution in [0.2, 0.25) is 0 Å². The fraction of sp³-hybridized carbons (Fsp3) is 0.261. The summed E-state index contributed by atoms with van der Waals surface area (Å²) in [6.45, 7) is 1.67. The van der Waals surface area contributed by atoms with E-state index in [-0.39, 0.29) is 47.9 Å². The number of hydrogen-bond donors (Lipinski definition) is 1. The van der Waals surface area contributed by atoms with Crippen molar-refractivity contribution < 1.29 is 43.1 Å². The third-order valence-electron chi connectivity index (χ3n) is 5.02. The van der Waals surface area contributed by atoms with Crippen LogP contribution in [-0.2, 0) is 30.5 Å². The first-order valence-electron chi connectivity index (χ1n) is 10.7. The van der Waals surface area contributed by atoms with Gasteiger partial charge in [-0.2, -0.15) is 5.01 Å². The number of anilines is 1. The molecule has 3 rings (SSSR count). The Labute approximate surface area is 209 Å². The lowest BCUT2D eigenvalue weighted by atomic mass is 10.1. The molecule has 0 aromatic heterocycles. The van der Waals surface area contributed by atoms with Gasteiger partial charge in [-0.25, -0.2) is 4.79 Å². The number of methoxy groups -OCH3 is 1. The summed E-state index contributed by atoms with van der Waals surface area (Å²) in [6.07, 6.45) is 0. The van der Waals surface area contributed by atoms with E-state index in [9.17, 15) is 34.1 Å². The largest absolute Gasteiger partial charge is 0.465 e. The maximum Gasteiger partial charge on any atom is 0.341 e. The topological polar surface area (TPSA) is 175 Å². The van der Waals surface area contributed by atoms with Crippen molar-refractivity contribution >= 4 is 41.1 Å². The molecular formula is C23H22N4O10. The van der Waals surface area contributed by atoms with Gasteiger partial charge in [0.2, 0.25) is 0 Å². The van der Waals surface area contributed by atoms with Crippen LogP contribution < -0.4 is 14.9 Å². The Hall–Kier alpha value is -4.85. The fourth-order valence-electron chi connectivity index (χ4n) is 3.48. The molecule has 0 atom stereocenters. The molecule has 1 aliphatic rings. The van der Waals surface area contributed by atoms with E-state index in [0.29, 0.717) is 5.69 Å². The third-order valence-corrected chi connectivity index (χ3v) is 5.02. The van der Waals surface area contributed by atoms with Gasteiger partial charge in [0, 0.05) is 38.1 Å². The van der Waals surface area contributed by atoms with E-state index >= 15 is 0 Å². The predicted octanol–water partition coefficient (Wildman–Crippen LogP) is 1.43. The molecule has 14 heteroatoms. The van der Waals surface area contributed by atoms with E-state index in [2.05, 4.69) is 5.43 Å². The van der Waals surface area contributed by atoms with Crippen LogP contribution in [0.25, 0.3) is 0 Å². The van der Waals surface area contributed by atoms with Gasteiger partial charge in [0.05, 0.1) is 30.8 Å². The van der Waals surface area contributed by atoms with Crippen LogP contribution in [-0.4, -0.2) is 64.8 Å². The number of nitro groups is 1. The van der Waals surface area contributed by atoms with E-state index in [1.54, 1.807) is 0 Å². The van der Waals surface area contributed by atoms with Gasteiger partial charge < -0.3 is 14.2 Å². The summed E-state index contributed by atoms with van der Waals surface area (Å²) in [5.41, 5.74) is 2.87. The summed E-state index contributed by atoms with van der Waals surface area (Å²) in [5, 5.41) is 11.6. The highest BCUT2D eigenvalue weighted by molar-refractivity contribution is 6.00. The molecule has 194 valence electrons. The number of benzene rings is 2. The van der Waals surface area contributed by atoms with E-state index in [0.717, 1.165) is 26.0 Å². The van der Waals surface area contributed by atoms with Crippen molar-refractivity contribution in [2.75, 3.05) is 25.6 Å². The minimum absolute atomic E-state index is 0.0822. The Balaban J connectivity index is 1.83. The first-order valence-corrected chi connectivity index (χ1v) is 10.7. The molecule has 0 radical (unpaired) electrons. The van der Waals surface area contributed by atoms with Crippen molar-refractivity contribution in [2.24, 2.45) is 0 Å². The minimum atomic E-state index is -0.840. The van der Waals surface area contributed by atoms with Gasteiger partial charge in [0.15, 0.2) is 11.5 Å². The Kier molecular flexibility index (Phi) is 8.14. The van der Waals surface area contributed by atoms with Crippen LogP contribution in [0.3, 0.4) is 0 Å². The van der Waals surface area contributed by atoms with Crippen LogP contribution in [0.5, 0.6) is 11.5 Å². The molecule has 1 N–H and O–H groups in total. The smallest absolute Gasteiger partial charge is 0.341 e. The van der Waals surface area contributed by atoms with Crippen molar-refractivity contribution in [1.29, 1.82) is 0 Å². The summed E-state index contributed by atoms with van der Waals surface area (Å²) < 4.78 is 15.1. The van der Waals surface area contributed by atoms with Gasteiger partial charge in [0.1, 0.15) is 5.56 Å². The minimum Gasteiger partial charge on any atom is -0.465 e. The van der Waals surface area contributed by atoms with E-state index in [1.807, 2.05) is 0 Å². The number of hydrogen-bond acceptors (Lipinski definition) is 12. The Bertz CT molecular complexity index is 1260.